The highest BCUT2D eigenvalue weighted by Gasteiger charge is 2.18. The molecule has 0 amide bonds. The number of halogens is 2. The number of benzene rings is 1. The van der Waals surface area contributed by atoms with Gasteiger partial charge >= 0.3 is 0 Å². The summed E-state index contributed by atoms with van der Waals surface area (Å²) in [6.07, 6.45) is 1.49. The van der Waals surface area contributed by atoms with Crippen LogP contribution < -0.4 is 5.73 Å². The van der Waals surface area contributed by atoms with Crippen LogP contribution >= 0.6 is 0 Å². The fourth-order valence-corrected chi connectivity index (χ4v) is 1.60. The van der Waals surface area contributed by atoms with E-state index in [9.17, 15) is 8.78 Å². The SMILES string of the molecule is Cc1ccoc1C(N)c1ccc(F)cc1F. The lowest BCUT2D eigenvalue weighted by molar-refractivity contribution is 0.475. The third-order valence-corrected chi connectivity index (χ3v) is 2.48. The Morgan fingerprint density at radius 1 is 1.25 bits per heavy atom. The van der Waals surface area contributed by atoms with Crippen molar-refractivity contribution in [1.82, 2.24) is 0 Å². The van der Waals surface area contributed by atoms with Crippen molar-refractivity contribution in [2.45, 2.75) is 13.0 Å². The lowest BCUT2D eigenvalue weighted by Crippen LogP contribution is -2.14. The molecule has 0 spiro atoms. The number of nitrogens with two attached hydrogens (primary N) is 1. The predicted octanol–water partition coefficient (Wildman–Crippen LogP) is 2.91. The first-order valence-corrected chi connectivity index (χ1v) is 4.84. The van der Waals surface area contributed by atoms with Crippen molar-refractivity contribution in [3.63, 3.8) is 0 Å². The van der Waals surface area contributed by atoms with Crippen LogP contribution in [0.15, 0.2) is 34.9 Å². The van der Waals surface area contributed by atoms with Crippen LogP contribution in [0, 0.1) is 18.6 Å². The average molecular weight is 223 g/mol. The second kappa shape index (κ2) is 4.06. The van der Waals surface area contributed by atoms with E-state index >= 15 is 0 Å². The van der Waals surface area contributed by atoms with Crippen LogP contribution in [-0.2, 0) is 0 Å². The summed E-state index contributed by atoms with van der Waals surface area (Å²) in [5, 5.41) is 0. The van der Waals surface area contributed by atoms with E-state index in [1.165, 1.54) is 18.4 Å². The summed E-state index contributed by atoms with van der Waals surface area (Å²) in [6.45, 7) is 1.82. The molecule has 2 N–H and O–H groups in total. The molecule has 0 saturated carbocycles. The van der Waals surface area contributed by atoms with Crippen molar-refractivity contribution < 1.29 is 13.2 Å². The van der Waals surface area contributed by atoms with Crippen molar-refractivity contribution >= 4 is 0 Å². The maximum absolute atomic E-state index is 13.5. The van der Waals surface area contributed by atoms with E-state index in [1.807, 2.05) is 6.92 Å². The molecule has 1 heterocycles. The van der Waals surface area contributed by atoms with Crippen LogP contribution in [0.3, 0.4) is 0 Å². The minimum Gasteiger partial charge on any atom is -0.467 e. The number of hydrogen-bond acceptors (Lipinski definition) is 2. The zero-order valence-electron chi connectivity index (χ0n) is 8.71. The van der Waals surface area contributed by atoms with E-state index in [1.54, 1.807) is 6.07 Å². The quantitative estimate of drug-likeness (QED) is 0.850. The second-order valence-electron chi connectivity index (χ2n) is 3.61. The molecule has 4 heteroatoms. The van der Waals surface area contributed by atoms with Crippen molar-refractivity contribution in [3.8, 4) is 0 Å². The number of hydrogen-bond donors (Lipinski definition) is 1. The first kappa shape index (κ1) is 10.8. The zero-order valence-corrected chi connectivity index (χ0v) is 8.71. The molecule has 84 valence electrons. The third kappa shape index (κ3) is 1.84. The molecule has 0 radical (unpaired) electrons. The summed E-state index contributed by atoms with van der Waals surface area (Å²) in [5.74, 6) is -0.793. The first-order chi connectivity index (χ1) is 7.59. The summed E-state index contributed by atoms with van der Waals surface area (Å²) >= 11 is 0. The standard InChI is InChI=1S/C12H11F2NO/c1-7-4-5-16-12(7)11(15)9-3-2-8(13)6-10(9)14/h2-6,11H,15H2,1H3. The smallest absolute Gasteiger partial charge is 0.131 e. The lowest BCUT2D eigenvalue weighted by atomic mass is 10.0. The number of rotatable bonds is 2. The minimum absolute atomic E-state index is 0.222. The van der Waals surface area contributed by atoms with Gasteiger partial charge in [0.15, 0.2) is 0 Å². The fourth-order valence-electron chi connectivity index (χ4n) is 1.60. The zero-order chi connectivity index (χ0) is 11.7. The Morgan fingerprint density at radius 3 is 2.56 bits per heavy atom. The van der Waals surface area contributed by atoms with E-state index in [-0.39, 0.29) is 5.56 Å². The summed E-state index contributed by atoms with van der Waals surface area (Å²) in [6, 6.07) is 4.35. The molecule has 0 aliphatic rings. The van der Waals surface area contributed by atoms with E-state index in [2.05, 4.69) is 0 Å². The summed E-state index contributed by atoms with van der Waals surface area (Å²) < 4.78 is 31.4. The van der Waals surface area contributed by atoms with Gasteiger partial charge in [0, 0.05) is 11.6 Å². The molecule has 0 saturated heterocycles. The van der Waals surface area contributed by atoms with Crippen molar-refractivity contribution in [3.05, 3.63) is 59.1 Å². The van der Waals surface area contributed by atoms with Gasteiger partial charge < -0.3 is 10.2 Å². The molecule has 1 unspecified atom stereocenters. The Bertz CT molecular complexity index is 507. The first-order valence-electron chi connectivity index (χ1n) is 4.84. The highest BCUT2D eigenvalue weighted by Crippen LogP contribution is 2.25. The van der Waals surface area contributed by atoms with Crippen LogP contribution in [0.4, 0.5) is 8.78 Å². The van der Waals surface area contributed by atoms with Crippen molar-refractivity contribution in [2.75, 3.05) is 0 Å². The van der Waals surface area contributed by atoms with Crippen LogP contribution in [-0.4, -0.2) is 0 Å². The molecule has 1 aromatic carbocycles. The second-order valence-corrected chi connectivity index (χ2v) is 3.61. The number of aryl methyl sites for hydroxylation is 1. The van der Waals surface area contributed by atoms with E-state index in [4.69, 9.17) is 10.2 Å². The van der Waals surface area contributed by atoms with Gasteiger partial charge in [-0.05, 0) is 24.6 Å². The Labute approximate surface area is 91.7 Å². The van der Waals surface area contributed by atoms with Crippen LogP contribution in [0.2, 0.25) is 0 Å². The molecule has 2 rings (SSSR count). The summed E-state index contributed by atoms with van der Waals surface area (Å²) in [4.78, 5) is 0. The predicted molar refractivity (Wildman–Crippen MR) is 55.8 cm³/mol. The van der Waals surface area contributed by atoms with Gasteiger partial charge in [-0.1, -0.05) is 6.07 Å². The third-order valence-electron chi connectivity index (χ3n) is 2.48. The van der Waals surface area contributed by atoms with Crippen molar-refractivity contribution in [2.24, 2.45) is 5.73 Å². The van der Waals surface area contributed by atoms with E-state index in [0.717, 1.165) is 11.6 Å². The van der Waals surface area contributed by atoms with Gasteiger partial charge in [0.05, 0.1) is 12.3 Å². The Morgan fingerprint density at radius 2 is 2.00 bits per heavy atom. The van der Waals surface area contributed by atoms with Gasteiger partial charge in [-0.3, -0.25) is 0 Å². The summed E-state index contributed by atoms with van der Waals surface area (Å²) in [7, 11) is 0. The molecule has 1 aromatic heterocycles. The topological polar surface area (TPSA) is 39.2 Å². The molecule has 2 nitrogen and oxygen atoms in total. The van der Waals surface area contributed by atoms with Crippen molar-refractivity contribution in [1.29, 1.82) is 0 Å². The Kier molecular flexibility index (Phi) is 2.75. The van der Waals surface area contributed by atoms with Crippen LogP contribution in [0.25, 0.3) is 0 Å². The average Bonchev–Trinajstić information content (AvgIpc) is 2.63. The molecule has 0 bridgehead atoms. The molecule has 16 heavy (non-hydrogen) atoms. The molecule has 0 aliphatic heterocycles. The van der Waals surface area contributed by atoms with E-state index in [0.29, 0.717) is 5.76 Å². The Balaban J connectivity index is 2.41. The molecular weight excluding hydrogens is 212 g/mol. The molecular formula is C12H11F2NO. The maximum Gasteiger partial charge on any atom is 0.131 e. The van der Waals surface area contributed by atoms with Crippen LogP contribution in [0.5, 0.6) is 0 Å². The van der Waals surface area contributed by atoms with Gasteiger partial charge in [-0.25, -0.2) is 8.78 Å². The van der Waals surface area contributed by atoms with Gasteiger partial charge in [0.1, 0.15) is 17.4 Å². The van der Waals surface area contributed by atoms with Gasteiger partial charge in [-0.2, -0.15) is 0 Å². The van der Waals surface area contributed by atoms with E-state index < -0.39 is 17.7 Å². The Hall–Kier alpha value is -1.68. The van der Waals surface area contributed by atoms with Gasteiger partial charge in [0.2, 0.25) is 0 Å². The molecule has 1 atom stereocenters. The largest absolute Gasteiger partial charge is 0.467 e. The number of furan rings is 1. The summed E-state index contributed by atoms with van der Waals surface area (Å²) in [5.41, 5.74) is 6.92. The highest BCUT2D eigenvalue weighted by molar-refractivity contribution is 5.31. The van der Waals surface area contributed by atoms with Gasteiger partial charge in [-0.15, -0.1) is 0 Å². The molecule has 2 aromatic rings. The monoisotopic (exact) mass is 223 g/mol. The van der Waals surface area contributed by atoms with Gasteiger partial charge in [0.25, 0.3) is 0 Å². The normalized spacial score (nSPS) is 12.8. The minimum atomic E-state index is -0.712. The fraction of sp³-hybridized carbons (Fsp3) is 0.167. The highest BCUT2D eigenvalue weighted by atomic mass is 19.1. The lowest BCUT2D eigenvalue weighted by Gasteiger charge is -2.11. The molecule has 0 fully saturated rings. The maximum atomic E-state index is 13.5. The molecule has 0 aliphatic carbocycles. The van der Waals surface area contributed by atoms with Crippen LogP contribution in [0.1, 0.15) is 22.9 Å².